The molecule has 5 heteroatoms. The molecule has 3 aromatic rings. The van der Waals surface area contributed by atoms with E-state index in [1.54, 1.807) is 25.4 Å². The number of benzene rings is 2. The average molecular weight is 308 g/mol. The predicted octanol–water partition coefficient (Wildman–Crippen LogP) is 3.91. The molecule has 0 aliphatic heterocycles. The van der Waals surface area contributed by atoms with Crippen LogP contribution >= 0.6 is 0 Å². The monoisotopic (exact) mass is 308 g/mol. The largest absolute Gasteiger partial charge is 0.497 e. The van der Waals surface area contributed by atoms with Crippen molar-refractivity contribution in [1.29, 1.82) is 0 Å². The molecule has 0 bridgehead atoms. The summed E-state index contributed by atoms with van der Waals surface area (Å²) in [6, 6.07) is 14.8. The van der Waals surface area contributed by atoms with Gasteiger partial charge in [-0.25, -0.2) is 14.3 Å². The van der Waals surface area contributed by atoms with Crippen LogP contribution in [0, 0.1) is 6.92 Å². The van der Waals surface area contributed by atoms with Crippen molar-refractivity contribution < 1.29 is 14.3 Å². The summed E-state index contributed by atoms with van der Waals surface area (Å²) in [5.74, 6) is 1.23. The van der Waals surface area contributed by atoms with E-state index < -0.39 is 6.09 Å². The molecule has 23 heavy (non-hydrogen) atoms. The fourth-order valence-corrected chi connectivity index (χ4v) is 2.11. The van der Waals surface area contributed by atoms with E-state index in [2.05, 4.69) is 4.98 Å². The fourth-order valence-electron chi connectivity index (χ4n) is 2.11. The maximum absolute atomic E-state index is 12.1. The minimum absolute atomic E-state index is 0.497. The number of rotatable bonds is 3. The summed E-state index contributed by atoms with van der Waals surface area (Å²) >= 11 is 0. The van der Waals surface area contributed by atoms with Crippen molar-refractivity contribution in [1.82, 2.24) is 9.55 Å². The summed E-state index contributed by atoms with van der Waals surface area (Å²) in [5.41, 5.74) is 2.64. The van der Waals surface area contributed by atoms with Gasteiger partial charge in [-0.2, -0.15) is 0 Å². The highest BCUT2D eigenvalue weighted by atomic mass is 16.6. The Bertz CT molecular complexity index is 822. The molecule has 0 saturated carbocycles. The molecule has 1 heterocycles. The zero-order valence-corrected chi connectivity index (χ0v) is 12.9. The number of aromatic nitrogens is 2. The third-order valence-corrected chi connectivity index (χ3v) is 3.39. The van der Waals surface area contributed by atoms with E-state index in [-0.39, 0.29) is 0 Å². The number of ether oxygens (including phenoxy) is 2. The first kappa shape index (κ1) is 14.8. The average Bonchev–Trinajstić information content (AvgIpc) is 3.07. The first-order valence-electron chi connectivity index (χ1n) is 7.13. The zero-order valence-electron chi connectivity index (χ0n) is 12.9. The quantitative estimate of drug-likeness (QED) is 0.736. The standard InChI is InChI=1S/C18H16N2O3/c1-13-6-8-15(9-7-13)23-18(21)20-11-17(19-12-20)14-4-3-5-16(10-14)22-2/h3-12H,1-2H3. The van der Waals surface area contributed by atoms with E-state index in [0.29, 0.717) is 11.4 Å². The van der Waals surface area contributed by atoms with Crippen LogP contribution in [0.15, 0.2) is 61.1 Å². The van der Waals surface area contributed by atoms with Crippen LogP contribution in [-0.2, 0) is 0 Å². The van der Waals surface area contributed by atoms with Crippen LogP contribution in [0.2, 0.25) is 0 Å². The number of nitrogens with zero attached hydrogens (tertiary/aromatic N) is 2. The Morgan fingerprint density at radius 1 is 1.09 bits per heavy atom. The molecule has 0 amide bonds. The highest BCUT2D eigenvalue weighted by molar-refractivity contribution is 5.75. The van der Waals surface area contributed by atoms with E-state index in [1.165, 1.54) is 10.9 Å². The molecule has 0 radical (unpaired) electrons. The van der Waals surface area contributed by atoms with Crippen LogP contribution in [0.5, 0.6) is 11.5 Å². The van der Waals surface area contributed by atoms with Gasteiger partial charge in [0.1, 0.15) is 17.8 Å². The second-order valence-electron chi connectivity index (χ2n) is 5.08. The number of imidazole rings is 1. The first-order chi connectivity index (χ1) is 11.2. The molecule has 0 aliphatic carbocycles. The zero-order chi connectivity index (χ0) is 16.2. The van der Waals surface area contributed by atoms with Gasteiger partial charge in [-0.05, 0) is 31.2 Å². The van der Waals surface area contributed by atoms with Crippen molar-refractivity contribution in [3.05, 3.63) is 66.6 Å². The molecule has 5 nitrogen and oxygen atoms in total. The second-order valence-corrected chi connectivity index (χ2v) is 5.08. The lowest BCUT2D eigenvalue weighted by atomic mass is 10.1. The maximum Gasteiger partial charge on any atom is 0.424 e. The van der Waals surface area contributed by atoms with Gasteiger partial charge in [-0.3, -0.25) is 0 Å². The summed E-state index contributed by atoms with van der Waals surface area (Å²) in [7, 11) is 1.61. The van der Waals surface area contributed by atoms with Gasteiger partial charge in [0.25, 0.3) is 0 Å². The molecule has 0 spiro atoms. The van der Waals surface area contributed by atoms with Crippen molar-refractivity contribution >= 4 is 6.09 Å². The number of carbonyl (C=O) groups excluding carboxylic acids is 1. The van der Waals surface area contributed by atoms with Crippen molar-refractivity contribution in [2.75, 3.05) is 7.11 Å². The normalized spacial score (nSPS) is 10.3. The summed E-state index contributed by atoms with van der Waals surface area (Å²) in [6.07, 6.45) is 2.56. The van der Waals surface area contributed by atoms with Gasteiger partial charge < -0.3 is 9.47 Å². The Kier molecular flexibility index (Phi) is 4.10. The number of hydrogen-bond acceptors (Lipinski definition) is 4. The molecular formula is C18H16N2O3. The number of methoxy groups -OCH3 is 1. The molecule has 0 fully saturated rings. The van der Waals surface area contributed by atoms with Gasteiger partial charge >= 0.3 is 6.09 Å². The molecule has 0 atom stereocenters. The summed E-state index contributed by atoms with van der Waals surface area (Å²) in [6.45, 7) is 1.97. The van der Waals surface area contributed by atoms with Gasteiger partial charge in [-0.1, -0.05) is 29.8 Å². The van der Waals surface area contributed by atoms with Crippen LogP contribution in [0.1, 0.15) is 5.56 Å². The fraction of sp³-hybridized carbons (Fsp3) is 0.111. The van der Waals surface area contributed by atoms with E-state index in [0.717, 1.165) is 16.9 Å². The molecule has 1 aromatic heterocycles. The molecular weight excluding hydrogens is 292 g/mol. The van der Waals surface area contributed by atoms with E-state index >= 15 is 0 Å². The van der Waals surface area contributed by atoms with Crippen molar-refractivity contribution in [2.45, 2.75) is 6.92 Å². The summed E-state index contributed by atoms with van der Waals surface area (Å²) in [5, 5.41) is 0. The van der Waals surface area contributed by atoms with Crippen molar-refractivity contribution in [3.8, 4) is 22.8 Å². The Morgan fingerprint density at radius 3 is 2.61 bits per heavy atom. The predicted molar refractivity (Wildman–Crippen MR) is 86.8 cm³/mol. The lowest BCUT2D eigenvalue weighted by Crippen LogP contribution is -2.14. The van der Waals surface area contributed by atoms with Gasteiger partial charge in [0.15, 0.2) is 0 Å². The highest BCUT2D eigenvalue weighted by Gasteiger charge is 2.10. The van der Waals surface area contributed by atoms with E-state index in [9.17, 15) is 4.79 Å². The van der Waals surface area contributed by atoms with Gasteiger partial charge in [0, 0.05) is 11.8 Å². The Balaban J connectivity index is 1.78. The minimum atomic E-state index is -0.504. The minimum Gasteiger partial charge on any atom is -0.497 e. The number of aryl methyl sites for hydroxylation is 1. The van der Waals surface area contributed by atoms with Crippen molar-refractivity contribution in [3.63, 3.8) is 0 Å². The van der Waals surface area contributed by atoms with Gasteiger partial charge in [0.05, 0.1) is 12.8 Å². The molecule has 0 aliphatic rings. The third kappa shape index (κ3) is 3.40. The van der Waals surface area contributed by atoms with Crippen LogP contribution in [-0.4, -0.2) is 22.8 Å². The molecule has 3 rings (SSSR count). The SMILES string of the molecule is COc1cccc(-c2cn(C(=O)Oc3ccc(C)cc3)cn2)c1. The Hall–Kier alpha value is -3.08. The topological polar surface area (TPSA) is 53.4 Å². The third-order valence-electron chi connectivity index (χ3n) is 3.39. The Morgan fingerprint density at radius 2 is 1.87 bits per heavy atom. The van der Waals surface area contributed by atoms with Crippen LogP contribution in [0.25, 0.3) is 11.3 Å². The lowest BCUT2D eigenvalue weighted by Gasteiger charge is -2.04. The van der Waals surface area contributed by atoms with Gasteiger partial charge in [-0.15, -0.1) is 0 Å². The summed E-state index contributed by atoms with van der Waals surface area (Å²) < 4.78 is 11.8. The molecule has 116 valence electrons. The van der Waals surface area contributed by atoms with Crippen LogP contribution in [0.4, 0.5) is 4.79 Å². The highest BCUT2D eigenvalue weighted by Crippen LogP contribution is 2.22. The van der Waals surface area contributed by atoms with Crippen LogP contribution < -0.4 is 9.47 Å². The van der Waals surface area contributed by atoms with Crippen molar-refractivity contribution in [2.24, 2.45) is 0 Å². The van der Waals surface area contributed by atoms with Crippen LogP contribution in [0.3, 0.4) is 0 Å². The van der Waals surface area contributed by atoms with Gasteiger partial charge in [0.2, 0.25) is 0 Å². The summed E-state index contributed by atoms with van der Waals surface area (Å²) in [4.78, 5) is 16.4. The van der Waals surface area contributed by atoms with E-state index in [1.807, 2.05) is 43.3 Å². The van der Waals surface area contributed by atoms with E-state index in [4.69, 9.17) is 9.47 Å². The maximum atomic E-state index is 12.1. The smallest absolute Gasteiger partial charge is 0.424 e. The lowest BCUT2D eigenvalue weighted by molar-refractivity contribution is 0.202. The second kappa shape index (κ2) is 6.36. The molecule has 0 saturated heterocycles. The number of carbonyl (C=O) groups is 1. The molecule has 2 aromatic carbocycles. The molecule has 0 unspecified atom stereocenters. The number of hydrogen-bond donors (Lipinski definition) is 0. The first-order valence-corrected chi connectivity index (χ1v) is 7.13. The Labute approximate surface area is 134 Å². The molecule has 0 N–H and O–H groups in total.